The van der Waals surface area contributed by atoms with Crippen LogP contribution >= 0.6 is 0 Å². The van der Waals surface area contributed by atoms with Crippen molar-refractivity contribution in [3.05, 3.63) is 0 Å². The van der Waals surface area contributed by atoms with E-state index in [2.05, 4.69) is 6.92 Å². The van der Waals surface area contributed by atoms with Gasteiger partial charge in [0, 0.05) is 25.8 Å². The maximum absolute atomic E-state index is 12.4. The van der Waals surface area contributed by atoms with E-state index in [1.54, 1.807) is 0 Å². The molecule has 0 bridgehead atoms. The molecular weight excluding hydrogens is 204 g/mol. The SMILES string of the molecule is CCCN(C(=O)C1(N)CCOCC1)C(C)C. The largest absolute Gasteiger partial charge is 0.381 e. The minimum absolute atomic E-state index is 0.0904. The summed E-state index contributed by atoms with van der Waals surface area (Å²) in [5, 5.41) is 0. The van der Waals surface area contributed by atoms with Crippen LogP contribution in [0.25, 0.3) is 0 Å². The second-order valence-corrected chi connectivity index (χ2v) is 4.86. The summed E-state index contributed by atoms with van der Waals surface area (Å²) in [4.78, 5) is 14.3. The van der Waals surface area contributed by atoms with Gasteiger partial charge in [-0.15, -0.1) is 0 Å². The van der Waals surface area contributed by atoms with E-state index in [-0.39, 0.29) is 11.9 Å². The number of carbonyl (C=O) groups excluding carboxylic acids is 1. The van der Waals surface area contributed by atoms with Gasteiger partial charge in [-0.25, -0.2) is 0 Å². The quantitative estimate of drug-likeness (QED) is 0.785. The molecule has 0 spiro atoms. The summed E-state index contributed by atoms with van der Waals surface area (Å²) in [6.45, 7) is 8.14. The molecule has 1 heterocycles. The van der Waals surface area contributed by atoms with E-state index in [0.717, 1.165) is 13.0 Å². The van der Waals surface area contributed by atoms with Crippen LogP contribution in [0.1, 0.15) is 40.0 Å². The summed E-state index contributed by atoms with van der Waals surface area (Å²) >= 11 is 0. The zero-order valence-electron chi connectivity index (χ0n) is 10.7. The zero-order valence-corrected chi connectivity index (χ0v) is 10.7. The average molecular weight is 228 g/mol. The molecule has 0 atom stereocenters. The summed E-state index contributed by atoms with van der Waals surface area (Å²) in [7, 11) is 0. The highest BCUT2D eigenvalue weighted by Gasteiger charge is 2.39. The monoisotopic (exact) mass is 228 g/mol. The molecule has 0 aromatic carbocycles. The van der Waals surface area contributed by atoms with Crippen LogP contribution in [0.3, 0.4) is 0 Å². The van der Waals surface area contributed by atoms with Gasteiger partial charge < -0.3 is 15.4 Å². The Morgan fingerprint density at radius 3 is 2.44 bits per heavy atom. The maximum atomic E-state index is 12.4. The van der Waals surface area contributed by atoms with Gasteiger partial charge in [-0.05, 0) is 33.1 Å². The third-order valence-corrected chi connectivity index (χ3v) is 3.16. The van der Waals surface area contributed by atoms with Gasteiger partial charge in [0.15, 0.2) is 0 Å². The second kappa shape index (κ2) is 5.64. The van der Waals surface area contributed by atoms with E-state index in [0.29, 0.717) is 26.1 Å². The number of nitrogens with two attached hydrogens (primary N) is 1. The molecule has 16 heavy (non-hydrogen) atoms. The second-order valence-electron chi connectivity index (χ2n) is 4.86. The molecule has 0 saturated carbocycles. The summed E-state index contributed by atoms with van der Waals surface area (Å²) < 4.78 is 5.26. The Labute approximate surface area is 98.1 Å². The standard InChI is InChI=1S/C12H24N2O2/c1-4-7-14(10(2)3)11(15)12(13)5-8-16-9-6-12/h10H,4-9,13H2,1-3H3. The lowest BCUT2D eigenvalue weighted by molar-refractivity contribution is -0.142. The van der Waals surface area contributed by atoms with Crippen molar-refractivity contribution in [2.24, 2.45) is 5.73 Å². The molecule has 4 nitrogen and oxygen atoms in total. The van der Waals surface area contributed by atoms with Crippen molar-refractivity contribution < 1.29 is 9.53 Å². The fraction of sp³-hybridized carbons (Fsp3) is 0.917. The summed E-state index contributed by atoms with van der Waals surface area (Å²) in [5.41, 5.74) is 5.50. The van der Waals surface area contributed by atoms with Crippen LogP contribution in [0.4, 0.5) is 0 Å². The van der Waals surface area contributed by atoms with Crippen LogP contribution in [0.5, 0.6) is 0 Å². The first-order valence-corrected chi connectivity index (χ1v) is 6.19. The third-order valence-electron chi connectivity index (χ3n) is 3.16. The Bertz CT molecular complexity index is 235. The lowest BCUT2D eigenvalue weighted by Gasteiger charge is -2.38. The van der Waals surface area contributed by atoms with Crippen molar-refractivity contribution in [2.45, 2.75) is 51.6 Å². The van der Waals surface area contributed by atoms with Crippen molar-refractivity contribution >= 4 is 5.91 Å². The van der Waals surface area contributed by atoms with Gasteiger partial charge in [0.05, 0.1) is 5.54 Å². The van der Waals surface area contributed by atoms with Crippen molar-refractivity contribution in [3.8, 4) is 0 Å². The minimum atomic E-state index is -0.697. The van der Waals surface area contributed by atoms with Gasteiger partial charge in [-0.2, -0.15) is 0 Å². The maximum Gasteiger partial charge on any atom is 0.243 e. The molecule has 0 unspecified atom stereocenters. The molecule has 94 valence electrons. The number of hydrogen-bond acceptors (Lipinski definition) is 3. The van der Waals surface area contributed by atoms with Gasteiger partial charge in [0.1, 0.15) is 0 Å². The minimum Gasteiger partial charge on any atom is -0.381 e. The van der Waals surface area contributed by atoms with E-state index < -0.39 is 5.54 Å². The number of rotatable bonds is 4. The third kappa shape index (κ3) is 2.95. The molecule has 1 fully saturated rings. The molecule has 1 saturated heterocycles. The van der Waals surface area contributed by atoms with E-state index in [1.165, 1.54) is 0 Å². The van der Waals surface area contributed by atoms with E-state index in [1.807, 2.05) is 18.7 Å². The summed E-state index contributed by atoms with van der Waals surface area (Å²) in [6, 6.07) is 0.218. The summed E-state index contributed by atoms with van der Waals surface area (Å²) in [5.74, 6) is 0.0904. The van der Waals surface area contributed by atoms with E-state index in [9.17, 15) is 4.79 Å². The molecule has 4 heteroatoms. The van der Waals surface area contributed by atoms with Gasteiger partial charge in [-0.3, -0.25) is 4.79 Å². The first-order chi connectivity index (χ1) is 7.51. The van der Waals surface area contributed by atoms with Crippen LogP contribution in [-0.4, -0.2) is 42.1 Å². The number of nitrogens with zero attached hydrogens (tertiary/aromatic N) is 1. The average Bonchev–Trinajstić information content (AvgIpc) is 2.25. The molecule has 1 rings (SSSR count). The van der Waals surface area contributed by atoms with Gasteiger partial charge in [0.25, 0.3) is 0 Å². The van der Waals surface area contributed by atoms with Gasteiger partial charge >= 0.3 is 0 Å². The number of carbonyl (C=O) groups is 1. The Hall–Kier alpha value is -0.610. The molecule has 2 N–H and O–H groups in total. The van der Waals surface area contributed by atoms with Crippen LogP contribution < -0.4 is 5.73 Å². The predicted molar refractivity (Wildman–Crippen MR) is 64.1 cm³/mol. The first-order valence-electron chi connectivity index (χ1n) is 6.19. The normalized spacial score (nSPS) is 19.8. The summed E-state index contributed by atoms with van der Waals surface area (Å²) in [6.07, 6.45) is 2.24. The fourth-order valence-electron chi connectivity index (χ4n) is 2.07. The van der Waals surface area contributed by atoms with Crippen molar-refractivity contribution in [3.63, 3.8) is 0 Å². The number of hydrogen-bond donors (Lipinski definition) is 1. The molecule has 1 amide bonds. The van der Waals surface area contributed by atoms with E-state index >= 15 is 0 Å². The Morgan fingerprint density at radius 2 is 2.00 bits per heavy atom. The molecule has 1 aliphatic rings. The van der Waals surface area contributed by atoms with E-state index in [4.69, 9.17) is 10.5 Å². The Morgan fingerprint density at radius 1 is 1.44 bits per heavy atom. The highest BCUT2D eigenvalue weighted by molar-refractivity contribution is 5.86. The van der Waals surface area contributed by atoms with Crippen molar-refractivity contribution in [1.82, 2.24) is 4.90 Å². The molecule has 0 aliphatic carbocycles. The van der Waals surface area contributed by atoms with Gasteiger partial charge in [-0.1, -0.05) is 6.92 Å². The molecule has 1 aliphatic heterocycles. The predicted octanol–water partition coefficient (Wildman–Crippen LogP) is 1.14. The molecule has 0 aromatic rings. The van der Waals surface area contributed by atoms with Crippen LogP contribution in [0, 0.1) is 0 Å². The molecule has 0 radical (unpaired) electrons. The molecule has 0 aromatic heterocycles. The zero-order chi connectivity index (χ0) is 12.2. The highest BCUT2D eigenvalue weighted by Crippen LogP contribution is 2.21. The van der Waals surface area contributed by atoms with Crippen LogP contribution in [0.15, 0.2) is 0 Å². The lowest BCUT2D eigenvalue weighted by atomic mass is 9.89. The fourth-order valence-corrected chi connectivity index (χ4v) is 2.07. The molecular formula is C12H24N2O2. The Kier molecular flexibility index (Phi) is 4.74. The Balaban J connectivity index is 2.72. The van der Waals surface area contributed by atoms with Crippen molar-refractivity contribution in [2.75, 3.05) is 19.8 Å². The highest BCUT2D eigenvalue weighted by atomic mass is 16.5. The van der Waals surface area contributed by atoms with Crippen LogP contribution in [0.2, 0.25) is 0 Å². The number of ether oxygens (including phenoxy) is 1. The smallest absolute Gasteiger partial charge is 0.243 e. The first kappa shape index (κ1) is 13.5. The van der Waals surface area contributed by atoms with Gasteiger partial charge in [0.2, 0.25) is 5.91 Å². The van der Waals surface area contributed by atoms with Crippen molar-refractivity contribution in [1.29, 1.82) is 0 Å². The lowest BCUT2D eigenvalue weighted by Crippen LogP contribution is -2.59. The topological polar surface area (TPSA) is 55.6 Å². The number of amides is 1. The van der Waals surface area contributed by atoms with Crippen LogP contribution in [-0.2, 0) is 9.53 Å².